The summed E-state index contributed by atoms with van der Waals surface area (Å²) in [7, 11) is 0. The zero-order valence-electron chi connectivity index (χ0n) is 12.6. The fourth-order valence-corrected chi connectivity index (χ4v) is 3.12. The first kappa shape index (κ1) is 15.1. The second kappa shape index (κ2) is 5.62. The molecule has 1 aliphatic carbocycles. The Hall–Kier alpha value is -1.26. The van der Waals surface area contributed by atoms with E-state index in [1.165, 1.54) is 19.3 Å². The molecule has 114 valence electrons. The van der Waals surface area contributed by atoms with Gasteiger partial charge in [-0.3, -0.25) is 4.79 Å². The van der Waals surface area contributed by atoms with Gasteiger partial charge in [0, 0.05) is 19.6 Å². The fraction of sp³-hybridized carbons (Fsp3) is 0.867. The smallest absolute Gasteiger partial charge is 0.317 e. The number of aliphatic carboxylic acids is 1. The molecule has 2 rings (SSSR count). The Balaban J connectivity index is 1.79. The first-order chi connectivity index (χ1) is 9.41. The van der Waals surface area contributed by atoms with Crippen LogP contribution in [0, 0.1) is 10.8 Å². The van der Waals surface area contributed by atoms with Crippen LogP contribution in [0.25, 0.3) is 0 Å². The summed E-state index contributed by atoms with van der Waals surface area (Å²) in [5.41, 5.74) is -0.351. The van der Waals surface area contributed by atoms with Gasteiger partial charge < -0.3 is 15.3 Å². The Morgan fingerprint density at radius 1 is 1.20 bits per heavy atom. The number of nitrogens with zero attached hydrogens (tertiary/aromatic N) is 1. The number of piperidine rings is 1. The number of amides is 2. The molecule has 1 heterocycles. The summed E-state index contributed by atoms with van der Waals surface area (Å²) in [5.74, 6) is -0.753. The minimum absolute atomic E-state index is 0.0304. The lowest BCUT2D eigenvalue weighted by Gasteiger charge is -2.42. The van der Waals surface area contributed by atoms with Gasteiger partial charge in [0.25, 0.3) is 0 Å². The van der Waals surface area contributed by atoms with Crippen molar-refractivity contribution in [2.24, 2.45) is 10.8 Å². The summed E-state index contributed by atoms with van der Waals surface area (Å²) in [6.07, 6.45) is 5.87. The normalized spacial score (nSPS) is 23.8. The maximum absolute atomic E-state index is 12.1. The molecule has 5 heteroatoms. The highest BCUT2D eigenvalue weighted by atomic mass is 16.4. The molecule has 0 aromatic heterocycles. The van der Waals surface area contributed by atoms with Crippen molar-refractivity contribution in [3.8, 4) is 0 Å². The molecule has 5 nitrogen and oxygen atoms in total. The maximum atomic E-state index is 12.1. The van der Waals surface area contributed by atoms with E-state index in [0.29, 0.717) is 31.3 Å². The average Bonchev–Trinajstić information content (AvgIpc) is 2.38. The van der Waals surface area contributed by atoms with E-state index in [-0.39, 0.29) is 6.03 Å². The van der Waals surface area contributed by atoms with Crippen LogP contribution < -0.4 is 5.32 Å². The Morgan fingerprint density at radius 2 is 1.80 bits per heavy atom. The average molecular weight is 282 g/mol. The molecule has 0 atom stereocenters. The molecule has 0 unspecified atom stereocenters. The lowest BCUT2D eigenvalue weighted by atomic mass is 9.67. The van der Waals surface area contributed by atoms with Crippen LogP contribution in [0.15, 0.2) is 0 Å². The molecular weight excluding hydrogens is 256 g/mol. The summed E-state index contributed by atoms with van der Waals surface area (Å²) >= 11 is 0. The highest BCUT2D eigenvalue weighted by Gasteiger charge is 2.39. The van der Waals surface area contributed by atoms with Gasteiger partial charge in [-0.15, -0.1) is 0 Å². The van der Waals surface area contributed by atoms with E-state index >= 15 is 0 Å². The number of hydrogen-bond donors (Lipinski definition) is 2. The first-order valence-electron chi connectivity index (χ1n) is 7.67. The number of carbonyl (C=O) groups excluding carboxylic acids is 1. The van der Waals surface area contributed by atoms with Crippen LogP contribution in [0.2, 0.25) is 0 Å². The van der Waals surface area contributed by atoms with Crippen molar-refractivity contribution in [2.75, 3.05) is 19.6 Å². The zero-order valence-corrected chi connectivity index (χ0v) is 12.6. The number of rotatable bonds is 4. The van der Waals surface area contributed by atoms with Gasteiger partial charge in [-0.05, 0) is 44.4 Å². The molecular formula is C15H26N2O3. The van der Waals surface area contributed by atoms with Gasteiger partial charge in [0.15, 0.2) is 0 Å². The van der Waals surface area contributed by atoms with Crippen molar-refractivity contribution >= 4 is 12.0 Å². The van der Waals surface area contributed by atoms with Crippen LogP contribution in [-0.4, -0.2) is 41.6 Å². The molecule has 0 aromatic rings. The molecule has 2 aliphatic rings. The second-order valence-corrected chi connectivity index (χ2v) is 6.72. The van der Waals surface area contributed by atoms with Gasteiger partial charge in [0.2, 0.25) is 0 Å². The highest BCUT2D eigenvalue weighted by Crippen LogP contribution is 2.43. The third-order valence-electron chi connectivity index (χ3n) is 5.45. The molecule has 1 aliphatic heterocycles. The lowest BCUT2D eigenvalue weighted by molar-refractivity contribution is -0.150. The number of likely N-dealkylation sites (tertiary alicyclic amines) is 1. The molecule has 0 aromatic carbocycles. The second-order valence-electron chi connectivity index (χ2n) is 6.72. The van der Waals surface area contributed by atoms with Crippen LogP contribution >= 0.6 is 0 Å². The van der Waals surface area contributed by atoms with E-state index in [1.807, 2.05) is 0 Å². The Morgan fingerprint density at radius 3 is 2.20 bits per heavy atom. The molecule has 1 saturated heterocycles. The van der Waals surface area contributed by atoms with Crippen LogP contribution in [0.4, 0.5) is 4.79 Å². The largest absolute Gasteiger partial charge is 0.481 e. The minimum atomic E-state index is -0.753. The van der Waals surface area contributed by atoms with E-state index in [2.05, 4.69) is 12.2 Å². The monoisotopic (exact) mass is 282 g/mol. The summed E-state index contributed by atoms with van der Waals surface area (Å²) in [6.45, 7) is 5.78. The summed E-state index contributed by atoms with van der Waals surface area (Å²) in [4.78, 5) is 25.1. The number of carboxylic acid groups (broad SMARTS) is 1. The first-order valence-corrected chi connectivity index (χ1v) is 7.67. The highest BCUT2D eigenvalue weighted by molar-refractivity contribution is 5.77. The molecule has 2 amide bonds. The topological polar surface area (TPSA) is 69.6 Å². The summed E-state index contributed by atoms with van der Waals surface area (Å²) in [6, 6.07) is -0.0304. The van der Waals surface area contributed by atoms with Gasteiger partial charge in [-0.2, -0.15) is 0 Å². The van der Waals surface area contributed by atoms with Gasteiger partial charge in [-0.1, -0.05) is 13.3 Å². The predicted molar refractivity (Wildman–Crippen MR) is 76.5 cm³/mol. The molecule has 0 spiro atoms. The van der Waals surface area contributed by atoms with E-state index in [0.717, 1.165) is 13.0 Å². The Bertz CT molecular complexity index is 377. The van der Waals surface area contributed by atoms with E-state index in [9.17, 15) is 14.7 Å². The quantitative estimate of drug-likeness (QED) is 0.832. The SMILES string of the molecule is CCC1(CNC(=O)N2CCC(C)(C(=O)O)CC2)CCC1. The van der Waals surface area contributed by atoms with E-state index in [4.69, 9.17) is 0 Å². The van der Waals surface area contributed by atoms with Gasteiger partial charge >= 0.3 is 12.0 Å². The number of nitrogens with one attached hydrogen (secondary N) is 1. The van der Waals surface area contributed by atoms with Crippen molar-refractivity contribution in [3.63, 3.8) is 0 Å². The summed E-state index contributed by atoms with van der Waals surface area (Å²) in [5, 5.41) is 12.2. The van der Waals surface area contributed by atoms with Gasteiger partial charge in [0.05, 0.1) is 5.41 Å². The molecule has 20 heavy (non-hydrogen) atoms. The summed E-state index contributed by atoms with van der Waals surface area (Å²) < 4.78 is 0. The van der Waals surface area contributed by atoms with Crippen molar-refractivity contribution in [1.82, 2.24) is 10.2 Å². The number of carbonyl (C=O) groups is 2. The van der Waals surface area contributed by atoms with Crippen LogP contribution in [0.3, 0.4) is 0 Å². The minimum Gasteiger partial charge on any atom is -0.481 e. The van der Waals surface area contributed by atoms with Crippen molar-refractivity contribution in [1.29, 1.82) is 0 Å². The Kier molecular flexibility index (Phi) is 4.25. The van der Waals surface area contributed by atoms with E-state index in [1.54, 1.807) is 11.8 Å². The van der Waals surface area contributed by atoms with E-state index < -0.39 is 11.4 Å². The fourth-order valence-electron chi connectivity index (χ4n) is 3.12. The zero-order chi connectivity index (χ0) is 14.8. The predicted octanol–water partition coefficient (Wildman–Crippen LogP) is 2.46. The number of hydrogen-bond acceptors (Lipinski definition) is 2. The number of urea groups is 1. The van der Waals surface area contributed by atoms with Crippen LogP contribution in [-0.2, 0) is 4.79 Å². The third kappa shape index (κ3) is 2.91. The maximum Gasteiger partial charge on any atom is 0.317 e. The third-order valence-corrected chi connectivity index (χ3v) is 5.45. The van der Waals surface area contributed by atoms with Crippen molar-refractivity contribution in [2.45, 2.75) is 52.4 Å². The molecule has 2 N–H and O–H groups in total. The van der Waals surface area contributed by atoms with Crippen LogP contribution in [0.5, 0.6) is 0 Å². The van der Waals surface area contributed by atoms with Crippen molar-refractivity contribution < 1.29 is 14.7 Å². The van der Waals surface area contributed by atoms with Crippen molar-refractivity contribution in [3.05, 3.63) is 0 Å². The van der Waals surface area contributed by atoms with Gasteiger partial charge in [-0.25, -0.2) is 4.79 Å². The molecule has 1 saturated carbocycles. The Labute approximate surface area is 120 Å². The lowest BCUT2D eigenvalue weighted by Crippen LogP contribution is -2.51. The molecule has 2 fully saturated rings. The molecule has 0 bridgehead atoms. The number of carboxylic acids is 1. The van der Waals surface area contributed by atoms with Crippen LogP contribution in [0.1, 0.15) is 52.4 Å². The molecule has 0 radical (unpaired) electrons. The standard InChI is InChI=1S/C15H26N2O3/c1-3-15(5-4-6-15)11-16-13(20)17-9-7-14(2,8-10-17)12(18)19/h3-11H2,1-2H3,(H,16,20)(H,18,19). The van der Waals surface area contributed by atoms with Gasteiger partial charge in [0.1, 0.15) is 0 Å².